The molecule has 0 aromatic rings. The first-order chi connectivity index (χ1) is 26.6. The molecule has 2 unspecified atom stereocenters. The monoisotopic (exact) mass is 777 g/mol. The maximum absolute atomic E-state index is 12.7. The van der Waals surface area contributed by atoms with Crippen molar-refractivity contribution in [2.75, 3.05) is 41.0 Å². The number of quaternary nitrogens is 1. The van der Waals surface area contributed by atoms with Crippen LogP contribution in [-0.4, -0.2) is 80.6 Å². The van der Waals surface area contributed by atoms with E-state index in [1.807, 2.05) is 21.1 Å². The number of esters is 2. The van der Waals surface area contributed by atoms with Gasteiger partial charge in [0.2, 0.25) is 0 Å². The number of carboxylic acid groups (broad SMARTS) is 1. The van der Waals surface area contributed by atoms with Crippen LogP contribution in [0.4, 0.5) is 0 Å². The summed E-state index contributed by atoms with van der Waals surface area (Å²) in [4.78, 5) is 37.0. The van der Waals surface area contributed by atoms with E-state index in [0.717, 1.165) is 57.8 Å². The second-order valence-electron chi connectivity index (χ2n) is 16.3. The summed E-state index contributed by atoms with van der Waals surface area (Å²) in [5, 5.41) is 9.61. The number of allylic oxidation sites excluding steroid dienone is 6. The van der Waals surface area contributed by atoms with Gasteiger partial charge >= 0.3 is 17.9 Å². The summed E-state index contributed by atoms with van der Waals surface area (Å²) >= 11 is 0. The lowest BCUT2D eigenvalue weighted by molar-refractivity contribution is -0.887. The lowest BCUT2D eigenvalue weighted by atomic mass is 10.0. The van der Waals surface area contributed by atoms with Crippen LogP contribution in [0.25, 0.3) is 0 Å². The molecule has 1 N–H and O–H groups in total. The molecule has 55 heavy (non-hydrogen) atoms. The largest absolute Gasteiger partial charge is 0.477 e. The van der Waals surface area contributed by atoms with Crippen LogP contribution >= 0.6 is 0 Å². The van der Waals surface area contributed by atoms with E-state index in [0.29, 0.717) is 19.3 Å². The third-order valence-corrected chi connectivity index (χ3v) is 10.1. The Labute approximate surface area is 338 Å². The van der Waals surface area contributed by atoms with Gasteiger partial charge in [0.15, 0.2) is 12.1 Å². The lowest BCUT2D eigenvalue weighted by Crippen LogP contribution is -2.50. The Balaban J connectivity index is 4.28. The number of carbonyl (C=O) groups is 3. The quantitative estimate of drug-likeness (QED) is 0.0286. The van der Waals surface area contributed by atoms with E-state index in [2.05, 4.69) is 50.3 Å². The lowest BCUT2D eigenvalue weighted by Gasteiger charge is -2.31. The summed E-state index contributed by atoms with van der Waals surface area (Å²) in [5.74, 6) is -1.47. The van der Waals surface area contributed by atoms with Gasteiger partial charge in [-0.2, -0.15) is 0 Å². The van der Waals surface area contributed by atoms with Crippen LogP contribution in [0.2, 0.25) is 0 Å². The minimum absolute atomic E-state index is 0.0511. The molecule has 8 heteroatoms. The third kappa shape index (κ3) is 36.9. The molecule has 0 amide bonds. The highest BCUT2D eigenvalue weighted by molar-refractivity contribution is 5.72. The van der Waals surface area contributed by atoms with Gasteiger partial charge in [-0.3, -0.25) is 9.59 Å². The Morgan fingerprint density at radius 2 is 1.02 bits per heavy atom. The van der Waals surface area contributed by atoms with E-state index >= 15 is 0 Å². The van der Waals surface area contributed by atoms with Gasteiger partial charge in [-0.1, -0.05) is 166 Å². The van der Waals surface area contributed by atoms with Crippen molar-refractivity contribution in [1.82, 2.24) is 0 Å². The maximum Gasteiger partial charge on any atom is 0.362 e. The molecule has 0 rings (SSSR count). The topological polar surface area (TPSA) is 99.1 Å². The summed E-state index contributed by atoms with van der Waals surface area (Å²) in [6, 6.07) is -0.613. The van der Waals surface area contributed by atoms with Gasteiger partial charge in [-0.05, 0) is 44.9 Å². The van der Waals surface area contributed by atoms with E-state index in [-0.39, 0.29) is 36.2 Å². The fraction of sp³-hybridized carbons (Fsp3) is 0.809. The SMILES string of the molecule is CC/C=C/C/C=C/C/C=C/CCCCCCCCCCCC(=O)OCC(COCCC(C(=O)O)[N+](C)(C)C)OC(=O)CCCCCCCCCCCCCC. The zero-order chi connectivity index (χ0) is 40.7. The molecule has 0 aliphatic carbocycles. The zero-order valence-corrected chi connectivity index (χ0v) is 36.4. The van der Waals surface area contributed by atoms with Crippen LogP contribution in [0.5, 0.6) is 0 Å². The molecule has 0 heterocycles. The molecule has 0 saturated carbocycles. The van der Waals surface area contributed by atoms with Gasteiger partial charge in [0, 0.05) is 19.3 Å². The van der Waals surface area contributed by atoms with Crippen molar-refractivity contribution in [1.29, 1.82) is 0 Å². The predicted molar refractivity (Wildman–Crippen MR) is 229 cm³/mol. The van der Waals surface area contributed by atoms with Crippen LogP contribution in [0, 0.1) is 0 Å². The van der Waals surface area contributed by atoms with E-state index in [9.17, 15) is 19.5 Å². The highest BCUT2D eigenvalue weighted by Crippen LogP contribution is 2.15. The van der Waals surface area contributed by atoms with Gasteiger partial charge in [0.1, 0.15) is 6.61 Å². The average Bonchev–Trinajstić information content (AvgIpc) is 3.14. The van der Waals surface area contributed by atoms with Crippen molar-refractivity contribution in [3.8, 4) is 0 Å². The Hall–Kier alpha value is -2.45. The Bertz CT molecular complexity index is 1000. The van der Waals surface area contributed by atoms with E-state index in [1.165, 1.54) is 103 Å². The number of aliphatic carboxylic acids is 1. The molecular weight excluding hydrogens is 691 g/mol. The van der Waals surface area contributed by atoms with Gasteiger partial charge in [0.25, 0.3) is 0 Å². The Kier molecular flexibility index (Phi) is 36.7. The smallest absolute Gasteiger partial charge is 0.362 e. The number of hydrogen-bond acceptors (Lipinski definition) is 6. The molecule has 0 spiro atoms. The van der Waals surface area contributed by atoms with Crippen molar-refractivity contribution in [2.24, 2.45) is 0 Å². The molecule has 2 atom stereocenters. The van der Waals surface area contributed by atoms with Gasteiger partial charge in [-0.25, -0.2) is 4.79 Å². The molecule has 0 fully saturated rings. The summed E-state index contributed by atoms with van der Waals surface area (Å²) < 4.78 is 17.3. The number of carboxylic acids is 1. The van der Waals surface area contributed by atoms with Gasteiger partial charge in [-0.15, -0.1) is 0 Å². The van der Waals surface area contributed by atoms with E-state index in [4.69, 9.17) is 14.2 Å². The second-order valence-corrected chi connectivity index (χ2v) is 16.3. The van der Waals surface area contributed by atoms with Crippen LogP contribution in [0.1, 0.15) is 194 Å². The molecule has 0 radical (unpaired) electrons. The van der Waals surface area contributed by atoms with Crippen molar-refractivity contribution in [3.05, 3.63) is 36.5 Å². The number of ether oxygens (including phenoxy) is 3. The van der Waals surface area contributed by atoms with Crippen LogP contribution in [0.15, 0.2) is 36.5 Å². The average molecular weight is 777 g/mol. The molecule has 0 aliphatic heterocycles. The summed E-state index contributed by atoms with van der Waals surface area (Å²) in [5.41, 5.74) is 0. The van der Waals surface area contributed by atoms with Crippen LogP contribution in [-0.2, 0) is 28.6 Å². The standard InChI is InChI=1S/C47H85NO7/c1-6-8-10-12-14-16-18-20-21-22-23-24-25-26-28-29-31-33-35-37-45(49)54-42-43(41-53-40-39-44(47(51)52)48(3,4)5)55-46(50)38-36-34-32-30-27-19-17-15-13-11-9-7-2/h8,10,14,16,20-21,43-44H,6-7,9,11-13,15,17-19,22-42H2,1-5H3/p+1/b10-8+,16-14+,21-20+. The first-order valence-corrected chi connectivity index (χ1v) is 22.5. The third-order valence-electron chi connectivity index (χ3n) is 10.1. The molecular formula is C47H86NO7+. The minimum atomic E-state index is -0.875. The summed E-state index contributed by atoms with van der Waals surface area (Å²) in [7, 11) is 5.53. The fourth-order valence-electron chi connectivity index (χ4n) is 6.58. The number of nitrogens with zero attached hydrogens (tertiary/aromatic N) is 1. The first kappa shape index (κ1) is 52.6. The predicted octanol–water partition coefficient (Wildman–Crippen LogP) is 12.2. The molecule has 8 nitrogen and oxygen atoms in total. The summed E-state index contributed by atoms with van der Waals surface area (Å²) in [6.45, 7) is 4.63. The Morgan fingerprint density at radius 1 is 0.564 bits per heavy atom. The van der Waals surface area contributed by atoms with Gasteiger partial charge in [0.05, 0.1) is 34.4 Å². The van der Waals surface area contributed by atoms with E-state index < -0.39 is 18.1 Å². The van der Waals surface area contributed by atoms with E-state index in [1.54, 1.807) is 0 Å². The molecule has 0 saturated heterocycles. The van der Waals surface area contributed by atoms with Crippen molar-refractivity contribution in [3.63, 3.8) is 0 Å². The molecule has 0 aromatic carbocycles. The van der Waals surface area contributed by atoms with Crippen molar-refractivity contribution >= 4 is 17.9 Å². The number of rotatable bonds is 40. The molecule has 0 bridgehead atoms. The minimum Gasteiger partial charge on any atom is -0.477 e. The summed E-state index contributed by atoms with van der Waals surface area (Å²) in [6.07, 6.45) is 43.2. The van der Waals surface area contributed by atoms with Crippen molar-refractivity contribution < 1.29 is 38.2 Å². The van der Waals surface area contributed by atoms with Crippen LogP contribution in [0.3, 0.4) is 0 Å². The molecule has 0 aromatic heterocycles. The molecule has 0 aliphatic rings. The maximum atomic E-state index is 12.7. The Morgan fingerprint density at radius 3 is 1.51 bits per heavy atom. The number of likely N-dealkylation sites (N-methyl/N-ethyl adjacent to an activating group) is 1. The zero-order valence-electron chi connectivity index (χ0n) is 36.4. The molecule has 320 valence electrons. The van der Waals surface area contributed by atoms with Crippen LogP contribution < -0.4 is 0 Å². The highest BCUT2D eigenvalue weighted by atomic mass is 16.6. The first-order valence-electron chi connectivity index (χ1n) is 22.5. The number of carbonyl (C=O) groups excluding carboxylic acids is 2. The van der Waals surface area contributed by atoms with Gasteiger partial charge < -0.3 is 23.8 Å². The number of unbranched alkanes of at least 4 members (excludes halogenated alkanes) is 20. The highest BCUT2D eigenvalue weighted by Gasteiger charge is 2.31. The van der Waals surface area contributed by atoms with Crippen molar-refractivity contribution in [2.45, 2.75) is 206 Å². The fourth-order valence-corrected chi connectivity index (χ4v) is 6.58. The second kappa shape index (κ2) is 38.4. The number of hydrogen-bond donors (Lipinski definition) is 1. The normalized spacial score (nSPS) is 13.3.